The molecule has 0 aromatic heterocycles. The molecular formula is C5H24N2P2. The monoisotopic (exact) mass is 174 g/mol. The zero-order chi connectivity index (χ0) is 4.50. The van der Waals surface area contributed by atoms with Crippen molar-refractivity contribution in [2.75, 3.05) is 0 Å². The van der Waals surface area contributed by atoms with E-state index in [-0.39, 0.29) is 32.1 Å². The third-order valence-corrected chi connectivity index (χ3v) is 0. The van der Waals surface area contributed by atoms with Gasteiger partial charge in [-0.2, -0.15) is 19.8 Å². The molecule has 64 valence electrons. The second-order valence-corrected chi connectivity index (χ2v) is 3.00. The van der Waals surface area contributed by atoms with Gasteiger partial charge in [-0.05, 0) is 5.41 Å². The van der Waals surface area contributed by atoms with Crippen LogP contribution in [-0.4, -0.2) is 0 Å². The zero-order valence-corrected chi connectivity index (χ0v) is 10.2. The van der Waals surface area contributed by atoms with Crippen molar-refractivity contribution >= 4 is 19.8 Å². The summed E-state index contributed by atoms with van der Waals surface area (Å²) in [5.41, 5.74) is 0.500. The maximum Gasteiger partial charge on any atom is -0.0411 e. The van der Waals surface area contributed by atoms with Crippen molar-refractivity contribution < 1.29 is 0 Å². The second kappa shape index (κ2) is 11.6. The molecule has 0 aliphatic carbocycles. The molecule has 0 saturated carbocycles. The topological polar surface area (TPSA) is 70.0 Å². The molecule has 0 fully saturated rings. The summed E-state index contributed by atoms with van der Waals surface area (Å²) in [6, 6.07) is 0. The second-order valence-electron chi connectivity index (χ2n) is 3.00. The molecule has 0 aromatic carbocycles. The van der Waals surface area contributed by atoms with Crippen LogP contribution in [0, 0.1) is 5.41 Å². The molecule has 0 radical (unpaired) electrons. The van der Waals surface area contributed by atoms with Crippen LogP contribution in [-0.2, 0) is 0 Å². The summed E-state index contributed by atoms with van der Waals surface area (Å²) in [7, 11) is 0. The van der Waals surface area contributed by atoms with Crippen molar-refractivity contribution in [1.29, 1.82) is 0 Å². The van der Waals surface area contributed by atoms with Crippen LogP contribution in [0.1, 0.15) is 27.7 Å². The lowest BCUT2D eigenvalue weighted by Gasteiger charge is -2.05. The van der Waals surface area contributed by atoms with Gasteiger partial charge < -0.3 is 12.3 Å². The number of hydrogen-bond donors (Lipinski definition) is 2. The Morgan fingerprint density at radius 1 is 0.667 bits per heavy atom. The van der Waals surface area contributed by atoms with Gasteiger partial charge >= 0.3 is 0 Å². The van der Waals surface area contributed by atoms with E-state index in [2.05, 4.69) is 27.7 Å². The molecule has 2 nitrogen and oxygen atoms in total. The van der Waals surface area contributed by atoms with Gasteiger partial charge in [0.1, 0.15) is 0 Å². The average molecular weight is 174 g/mol. The summed E-state index contributed by atoms with van der Waals surface area (Å²) in [6.07, 6.45) is 0. The van der Waals surface area contributed by atoms with E-state index in [1.54, 1.807) is 0 Å². The molecule has 6 N–H and O–H groups in total. The van der Waals surface area contributed by atoms with Crippen molar-refractivity contribution in [3.8, 4) is 0 Å². The minimum absolute atomic E-state index is 0. The van der Waals surface area contributed by atoms with Gasteiger partial charge in [-0.3, -0.25) is 0 Å². The van der Waals surface area contributed by atoms with Crippen molar-refractivity contribution in [3.05, 3.63) is 0 Å². The lowest BCUT2D eigenvalue weighted by molar-refractivity contribution is 0.469. The third-order valence-electron chi connectivity index (χ3n) is 0. The van der Waals surface area contributed by atoms with Crippen LogP contribution < -0.4 is 12.3 Å². The average Bonchev–Trinajstić information content (AvgIpc) is 0.722. The van der Waals surface area contributed by atoms with Gasteiger partial charge in [0.15, 0.2) is 0 Å². The highest BCUT2D eigenvalue weighted by Crippen LogP contribution is 2.07. The highest BCUT2D eigenvalue weighted by Gasteiger charge is 1.95. The van der Waals surface area contributed by atoms with E-state index in [0.29, 0.717) is 5.41 Å². The molecule has 0 spiro atoms. The Balaban J connectivity index is -0.0000000133. The minimum Gasteiger partial charge on any atom is -0.344 e. The Morgan fingerprint density at radius 3 is 0.667 bits per heavy atom. The van der Waals surface area contributed by atoms with Gasteiger partial charge in [0, 0.05) is 0 Å². The van der Waals surface area contributed by atoms with Crippen LogP contribution in [0.2, 0.25) is 0 Å². The van der Waals surface area contributed by atoms with Crippen LogP contribution in [0.4, 0.5) is 0 Å². The standard InChI is InChI=1S/C5H12.2H3N.2H3P/c1-5(2,3)4;;;;/h1-4H3;4*1H3. The predicted octanol–water partition coefficient (Wildman–Crippen LogP) is 2.49. The van der Waals surface area contributed by atoms with Gasteiger partial charge in [-0.1, -0.05) is 27.7 Å². The fraction of sp³-hybridized carbons (Fsp3) is 1.00. The van der Waals surface area contributed by atoms with E-state index in [1.165, 1.54) is 0 Å². The first-order valence-electron chi connectivity index (χ1n) is 2.00. The number of rotatable bonds is 0. The van der Waals surface area contributed by atoms with E-state index in [0.717, 1.165) is 0 Å². The van der Waals surface area contributed by atoms with Gasteiger partial charge in [0.2, 0.25) is 0 Å². The van der Waals surface area contributed by atoms with E-state index < -0.39 is 0 Å². The smallest absolute Gasteiger partial charge is 0.0411 e. The van der Waals surface area contributed by atoms with E-state index in [4.69, 9.17) is 0 Å². The molecule has 2 unspecified atom stereocenters. The normalized spacial score (nSPS) is 6.67. The zero-order valence-electron chi connectivity index (χ0n) is 7.33. The highest BCUT2D eigenvalue weighted by atomic mass is 31.0. The summed E-state index contributed by atoms with van der Waals surface area (Å²) in [5, 5.41) is 0. The van der Waals surface area contributed by atoms with Crippen molar-refractivity contribution in [2.24, 2.45) is 5.41 Å². The summed E-state index contributed by atoms with van der Waals surface area (Å²) in [5.74, 6) is 0. The fourth-order valence-corrected chi connectivity index (χ4v) is 0. The maximum absolute atomic E-state index is 2.19. The molecule has 0 heterocycles. The van der Waals surface area contributed by atoms with Gasteiger partial charge in [-0.25, -0.2) is 0 Å². The van der Waals surface area contributed by atoms with Crippen LogP contribution in [0.25, 0.3) is 0 Å². The van der Waals surface area contributed by atoms with E-state index in [9.17, 15) is 0 Å². The fourth-order valence-electron chi connectivity index (χ4n) is 0. The van der Waals surface area contributed by atoms with Gasteiger partial charge in [0.25, 0.3) is 0 Å². The molecule has 0 saturated heterocycles. The van der Waals surface area contributed by atoms with Gasteiger partial charge in [0.05, 0.1) is 0 Å². The molecule has 0 aliphatic heterocycles. The molecule has 0 aromatic rings. The molecule has 0 aliphatic rings. The summed E-state index contributed by atoms with van der Waals surface area (Å²) < 4.78 is 0. The third kappa shape index (κ3) is 663. The van der Waals surface area contributed by atoms with Crippen molar-refractivity contribution in [3.63, 3.8) is 0 Å². The summed E-state index contributed by atoms with van der Waals surface area (Å²) in [6.45, 7) is 8.75. The van der Waals surface area contributed by atoms with Crippen molar-refractivity contribution in [1.82, 2.24) is 12.3 Å². The minimum atomic E-state index is 0. The van der Waals surface area contributed by atoms with Gasteiger partial charge in [-0.15, -0.1) is 0 Å². The summed E-state index contributed by atoms with van der Waals surface area (Å²) >= 11 is 0. The Kier molecular flexibility index (Phi) is 42.4. The molecule has 0 amide bonds. The predicted molar refractivity (Wildman–Crippen MR) is 57.4 cm³/mol. The lowest BCUT2D eigenvalue weighted by Crippen LogP contribution is -1.93. The largest absolute Gasteiger partial charge is 0.344 e. The molecule has 2 atom stereocenters. The first-order chi connectivity index (χ1) is 2.00. The van der Waals surface area contributed by atoms with Crippen LogP contribution in [0.15, 0.2) is 0 Å². The Hall–Kier alpha value is 0.780. The Morgan fingerprint density at radius 2 is 0.667 bits per heavy atom. The number of hydrogen-bond acceptors (Lipinski definition) is 2. The first kappa shape index (κ1) is 33.0. The van der Waals surface area contributed by atoms with Crippen LogP contribution in [0.5, 0.6) is 0 Å². The Labute approximate surface area is 66.0 Å². The quantitative estimate of drug-likeness (QED) is 0.554. The maximum atomic E-state index is 2.19. The van der Waals surface area contributed by atoms with Crippen LogP contribution >= 0.6 is 19.8 Å². The molecule has 0 bridgehead atoms. The Bertz CT molecular complexity index is 28.4. The van der Waals surface area contributed by atoms with E-state index in [1.807, 2.05) is 0 Å². The van der Waals surface area contributed by atoms with Crippen molar-refractivity contribution in [2.45, 2.75) is 27.7 Å². The van der Waals surface area contributed by atoms with E-state index >= 15 is 0 Å². The highest BCUT2D eigenvalue weighted by molar-refractivity contribution is 6.92. The lowest BCUT2D eigenvalue weighted by atomic mass is 10.0. The summed E-state index contributed by atoms with van der Waals surface area (Å²) in [4.78, 5) is 0. The van der Waals surface area contributed by atoms with Crippen LogP contribution in [0.3, 0.4) is 0 Å². The molecule has 4 heteroatoms. The molecule has 9 heavy (non-hydrogen) atoms. The SMILES string of the molecule is CC(C)(C)C.N.N.P.P. The molecular weight excluding hydrogens is 150 g/mol. The first-order valence-corrected chi connectivity index (χ1v) is 2.00. The molecule has 0 rings (SSSR count).